The van der Waals surface area contributed by atoms with Crippen LogP contribution in [0.2, 0.25) is 0 Å². The molecule has 0 spiro atoms. The maximum atomic E-state index is 11.9. The summed E-state index contributed by atoms with van der Waals surface area (Å²) in [6.07, 6.45) is -0.0485. The van der Waals surface area contributed by atoms with E-state index in [1.807, 2.05) is 38.1 Å². The van der Waals surface area contributed by atoms with Gasteiger partial charge in [-0.1, -0.05) is 24.6 Å². The summed E-state index contributed by atoms with van der Waals surface area (Å²) >= 11 is 0. The van der Waals surface area contributed by atoms with Crippen molar-refractivity contribution in [2.24, 2.45) is 0 Å². The number of carbonyl (C=O) groups is 1. The van der Waals surface area contributed by atoms with Gasteiger partial charge >= 0.3 is 6.09 Å². The average molecular weight is 264 g/mol. The number of rotatable bonds is 3. The van der Waals surface area contributed by atoms with Crippen molar-refractivity contribution in [3.63, 3.8) is 0 Å². The molecule has 0 aromatic heterocycles. The van der Waals surface area contributed by atoms with Crippen LogP contribution in [0.4, 0.5) is 10.5 Å². The molecule has 2 N–H and O–H groups in total. The van der Waals surface area contributed by atoms with Gasteiger partial charge in [0.25, 0.3) is 0 Å². The summed E-state index contributed by atoms with van der Waals surface area (Å²) < 4.78 is 5.30. The first-order chi connectivity index (χ1) is 8.80. The number of amides is 1. The van der Waals surface area contributed by atoms with Gasteiger partial charge in [-0.2, -0.15) is 5.01 Å². The molecule has 1 aliphatic heterocycles. The molecule has 0 saturated carbocycles. The lowest BCUT2D eigenvalue weighted by Gasteiger charge is -2.36. The zero-order valence-electron chi connectivity index (χ0n) is 11.7. The highest BCUT2D eigenvalue weighted by atomic mass is 16.6. The summed E-state index contributed by atoms with van der Waals surface area (Å²) in [6, 6.07) is 7.55. The molecule has 0 bridgehead atoms. The van der Waals surface area contributed by atoms with Crippen molar-refractivity contribution in [1.82, 2.24) is 5.01 Å². The summed E-state index contributed by atoms with van der Waals surface area (Å²) in [5.74, 6) is 0. The third-order valence-electron chi connectivity index (χ3n) is 3.90. The van der Waals surface area contributed by atoms with Gasteiger partial charge in [-0.25, -0.2) is 4.79 Å². The molecule has 2 rings (SSSR count). The minimum Gasteiger partial charge on any atom is -0.437 e. The minimum atomic E-state index is -1.41. The number of hydrogen-bond acceptors (Lipinski definition) is 4. The first-order valence-electron chi connectivity index (χ1n) is 6.39. The van der Waals surface area contributed by atoms with E-state index in [-0.39, 0.29) is 0 Å². The van der Waals surface area contributed by atoms with E-state index in [1.165, 1.54) is 0 Å². The van der Waals surface area contributed by atoms with Crippen LogP contribution >= 0.6 is 0 Å². The molecular weight excluding hydrogens is 244 g/mol. The summed E-state index contributed by atoms with van der Waals surface area (Å²) in [5, 5.41) is 11.7. The van der Waals surface area contributed by atoms with Crippen molar-refractivity contribution < 1.29 is 14.6 Å². The smallest absolute Gasteiger partial charge is 0.432 e. The minimum absolute atomic E-state index is 0.526. The maximum Gasteiger partial charge on any atom is 0.432 e. The molecule has 1 heterocycles. The molecule has 1 aromatic carbocycles. The predicted molar refractivity (Wildman–Crippen MR) is 72.4 cm³/mol. The number of nitrogens with zero attached hydrogens (tertiary/aromatic N) is 1. The van der Waals surface area contributed by atoms with Crippen LogP contribution in [0.1, 0.15) is 32.8 Å². The monoisotopic (exact) mass is 264 g/mol. The van der Waals surface area contributed by atoms with Gasteiger partial charge in [0.05, 0.1) is 5.69 Å². The lowest BCUT2D eigenvalue weighted by Crippen LogP contribution is -2.56. The molecule has 1 amide bonds. The molecule has 1 aromatic rings. The van der Waals surface area contributed by atoms with Crippen molar-refractivity contribution in [2.45, 2.75) is 45.4 Å². The van der Waals surface area contributed by atoms with Gasteiger partial charge in [0.2, 0.25) is 0 Å². The molecule has 1 saturated heterocycles. The Balaban J connectivity index is 2.25. The fraction of sp³-hybridized carbons (Fsp3) is 0.500. The quantitative estimate of drug-likeness (QED) is 0.881. The standard InChI is InChI=1S/C14H20N2O3/c1-5-13(3)14(4,18)16(12(17)19-13)15-11-8-6-10(2)7-9-11/h6-9,15,18H,5H2,1-4H3/t13-,14+/m0/s1. The molecule has 0 radical (unpaired) electrons. The van der Waals surface area contributed by atoms with Gasteiger partial charge in [0.15, 0.2) is 11.3 Å². The van der Waals surface area contributed by atoms with Crippen LogP contribution in [0.5, 0.6) is 0 Å². The Bertz CT molecular complexity index is 484. The number of carbonyl (C=O) groups excluding carboxylic acids is 1. The lowest BCUT2D eigenvalue weighted by molar-refractivity contribution is -0.131. The Morgan fingerprint density at radius 3 is 2.37 bits per heavy atom. The van der Waals surface area contributed by atoms with E-state index in [2.05, 4.69) is 5.43 Å². The van der Waals surface area contributed by atoms with Crippen molar-refractivity contribution in [2.75, 3.05) is 5.43 Å². The Labute approximate surface area is 113 Å². The van der Waals surface area contributed by atoms with Crippen LogP contribution in [-0.2, 0) is 4.74 Å². The molecule has 104 valence electrons. The van der Waals surface area contributed by atoms with E-state index >= 15 is 0 Å². The normalized spacial score (nSPS) is 30.4. The number of hydrogen-bond donors (Lipinski definition) is 2. The van der Waals surface area contributed by atoms with E-state index in [9.17, 15) is 9.90 Å². The summed E-state index contributed by atoms with van der Waals surface area (Å²) in [4.78, 5) is 11.9. The number of nitrogens with one attached hydrogen (secondary N) is 1. The van der Waals surface area contributed by atoms with Crippen molar-refractivity contribution in [3.05, 3.63) is 29.8 Å². The van der Waals surface area contributed by atoms with Crippen LogP contribution in [0.15, 0.2) is 24.3 Å². The summed E-state index contributed by atoms with van der Waals surface area (Å²) in [7, 11) is 0. The number of anilines is 1. The zero-order chi connectivity index (χ0) is 14.3. The molecule has 19 heavy (non-hydrogen) atoms. The second-order valence-corrected chi connectivity index (χ2v) is 5.29. The molecule has 5 nitrogen and oxygen atoms in total. The molecule has 0 unspecified atom stereocenters. The average Bonchev–Trinajstić information content (AvgIpc) is 2.52. The molecule has 0 aliphatic carbocycles. The van der Waals surface area contributed by atoms with E-state index in [0.29, 0.717) is 6.42 Å². The SMILES string of the molecule is CC[C@]1(C)OC(=O)N(Nc2ccc(C)cc2)[C@]1(C)O. The first kappa shape index (κ1) is 13.7. The predicted octanol–water partition coefficient (Wildman–Crippen LogP) is 2.65. The first-order valence-corrected chi connectivity index (χ1v) is 6.39. The number of benzene rings is 1. The second-order valence-electron chi connectivity index (χ2n) is 5.29. The highest BCUT2D eigenvalue weighted by Gasteiger charge is 2.59. The fourth-order valence-electron chi connectivity index (χ4n) is 2.07. The number of aliphatic hydroxyl groups is 1. The van der Waals surface area contributed by atoms with Crippen LogP contribution in [-0.4, -0.2) is 27.5 Å². The van der Waals surface area contributed by atoms with Crippen molar-refractivity contribution in [3.8, 4) is 0 Å². The van der Waals surface area contributed by atoms with Crippen LogP contribution in [0, 0.1) is 6.92 Å². The third kappa shape index (κ3) is 2.14. The van der Waals surface area contributed by atoms with Crippen LogP contribution < -0.4 is 5.43 Å². The zero-order valence-corrected chi connectivity index (χ0v) is 11.7. The van der Waals surface area contributed by atoms with E-state index < -0.39 is 17.4 Å². The van der Waals surface area contributed by atoms with Crippen LogP contribution in [0.3, 0.4) is 0 Å². The summed E-state index contributed by atoms with van der Waals surface area (Å²) in [6.45, 7) is 7.15. The van der Waals surface area contributed by atoms with Gasteiger partial charge in [0.1, 0.15) is 0 Å². The maximum absolute atomic E-state index is 11.9. The van der Waals surface area contributed by atoms with Crippen molar-refractivity contribution >= 4 is 11.8 Å². The number of aryl methyl sites for hydroxylation is 1. The Kier molecular flexibility index (Phi) is 3.18. The topological polar surface area (TPSA) is 61.8 Å². The van der Waals surface area contributed by atoms with Gasteiger partial charge in [0, 0.05) is 0 Å². The highest BCUT2D eigenvalue weighted by molar-refractivity contribution is 5.74. The number of ether oxygens (including phenoxy) is 1. The highest BCUT2D eigenvalue weighted by Crippen LogP contribution is 2.39. The Hall–Kier alpha value is -1.75. The molecular formula is C14H20N2O3. The second kappa shape index (κ2) is 4.42. The van der Waals surface area contributed by atoms with Gasteiger partial charge < -0.3 is 9.84 Å². The molecule has 1 aliphatic rings. The third-order valence-corrected chi connectivity index (χ3v) is 3.90. The van der Waals surface area contributed by atoms with E-state index in [1.54, 1.807) is 13.8 Å². The van der Waals surface area contributed by atoms with E-state index in [0.717, 1.165) is 16.3 Å². The van der Waals surface area contributed by atoms with Gasteiger partial charge in [-0.05, 0) is 39.3 Å². The summed E-state index contributed by atoms with van der Waals surface area (Å²) in [5.41, 5.74) is 2.41. The largest absolute Gasteiger partial charge is 0.437 e. The number of cyclic esters (lactones) is 1. The van der Waals surface area contributed by atoms with Crippen molar-refractivity contribution in [1.29, 1.82) is 0 Å². The number of hydrazine groups is 1. The lowest BCUT2D eigenvalue weighted by atomic mass is 9.91. The molecule has 2 atom stereocenters. The molecule has 5 heteroatoms. The van der Waals surface area contributed by atoms with Gasteiger partial charge in [-0.3, -0.25) is 5.43 Å². The molecule has 1 fully saturated rings. The fourth-order valence-corrected chi connectivity index (χ4v) is 2.07. The Morgan fingerprint density at radius 1 is 1.32 bits per heavy atom. The van der Waals surface area contributed by atoms with E-state index in [4.69, 9.17) is 4.74 Å². The van der Waals surface area contributed by atoms with Gasteiger partial charge in [-0.15, -0.1) is 0 Å². The Morgan fingerprint density at radius 2 is 1.89 bits per heavy atom. The van der Waals surface area contributed by atoms with Crippen LogP contribution in [0.25, 0.3) is 0 Å².